The summed E-state index contributed by atoms with van der Waals surface area (Å²) in [6.07, 6.45) is 0. The van der Waals surface area contributed by atoms with Gasteiger partial charge in [-0.15, -0.1) is 11.6 Å². The fourth-order valence-corrected chi connectivity index (χ4v) is 2.30. The van der Waals surface area contributed by atoms with Gasteiger partial charge in [0.1, 0.15) is 0 Å². The van der Waals surface area contributed by atoms with Crippen LogP contribution in [0, 0.1) is 0 Å². The van der Waals surface area contributed by atoms with Crippen LogP contribution in [0.1, 0.15) is 19.4 Å². The number of rotatable bonds is 1. The molecule has 0 saturated heterocycles. The average Bonchev–Trinajstić information content (AvgIpc) is 1.82. The maximum atomic E-state index is 6.16. The Hall–Kier alpha value is 0.470. The molecule has 1 rings (SSSR count). The summed E-state index contributed by atoms with van der Waals surface area (Å²) in [6, 6.07) is 6.04. The summed E-state index contributed by atoms with van der Waals surface area (Å²) in [5.74, 6) is 0. The Morgan fingerprint density at radius 3 is 1.83 bits per heavy atom. The van der Waals surface area contributed by atoms with Crippen LogP contribution >= 0.6 is 43.5 Å². The zero-order valence-corrected chi connectivity index (χ0v) is 10.8. The molecule has 12 heavy (non-hydrogen) atoms. The molecule has 0 N–H and O–H groups in total. The van der Waals surface area contributed by atoms with Crippen LogP contribution in [0.15, 0.2) is 27.1 Å². The second-order valence-corrected chi connectivity index (χ2v) is 5.91. The van der Waals surface area contributed by atoms with Gasteiger partial charge in [-0.05, 0) is 37.6 Å². The smallest absolute Gasteiger partial charge is 0.0639 e. The fourth-order valence-electron chi connectivity index (χ4n) is 0.897. The second-order valence-electron chi connectivity index (χ2n) is 3.13. The Bertz CT molecular complexity index is 269. The molecule has 0 atom stereocenters. The fraction of sp³-hybridized carbons (Fsp3) is 0.333. The molecule has 0 heterocycles. The number of benzene rings is 1. The van der Waals surface area contributed by atoms with E-state index >= 15 is 0 Å². The van der Waals surface area contributed by atoms with Crippen LogP contribution in [-0.4, -0.2) is 0 Å². The topological polar surface area (TPSA) is 0 Å². The normalized spacial score (nSPS) is 11.8. The van der Waals surface area contributed by atoms with Crippen molar-refractivity contribution in [1.82, 2.24) is 0 Å². The maximum Gasteiger partial charge on any atom is 0.0639 e. The highest BCUT2D eigenvalue weighted by molar-refractivity contribution is 9.11. The molecule has 0 aliphatic rings. The van der Waals surface area contributed by atoms with Crippen molar-refractivity contribution in [1.29, 1.82) is 0 Å². The summed E-state index contributed by atoms with van der Waals surface area (Å²) in [5, 5.41) is 0. The van der Waals surface area contributed by atoms with Gasteiger partial charge in [-0.25, -0.2) is 0 Å². The van der Waals surface area contributed by atoms with Crippen molar-refractivity contribution in [2.45, 2.75) is 18.7 Å². The van der Waals surface area contributed by atoms with Gasteiger partial charge in [-0.3, -0.25) is 0 Å². The lowest BCUT2D eigenvalue weighted by molar-refractivity contribution is 0.764. The van der Waals surface area contributed by atoms with Crippen LogP contribution in [0.4, 0.5) is 0 Å². The van der Waals surface area contributed by atoms with Gasteiger partial charge in [0.25, 0.3) is 0 Å². The van der Waals surface area contributed by atoms with Gasteiger partial charge in [0.2, 0.25) is 0 Å². The van der Waals surface area contributed by atoms with E-state index in [4.69, 9.17) is 11.6 Å². The third kappa shape index (κ3) is 2.75. The molecule has 0 spiro atoms. The van der Waals surface area contributed by atoms with Crippen molar-refractivity contribution < 1.29 is 0 Å². The highest BCUT2D eigenvalue weighted by atomic mass is 79.9. The van der Waals surface area contributed by atoms with Crippen LogP contribution in [0.25, 0.3) is 0 Å². The van der Waals surface area contributed by atoms with Gasteiger partial charge >= 0.3 is 0 Å². The third-order valence-corrected chi connectivity index (χ3v) is 2.68. The summed E-state index contributed by atoms with van der Waals surface area (Å²) in [5.41, 5.74) is 1.10. The van der Waals surface area contributed by atoms with Crippen LogP contribution in [0.3, 0.4) is 0 Å². The summed E-state index contributed by atoms with van der Waals surface area (Å²) in [7, 11) is 0. The van der Waals surface area contributed by atoms with Gasteiger partial charge in [0.05, 0.1) is 4.87 Å². The monoisotopic (exact) mass is 310 g/mol. The van der Waals surface area contributed by atoms with Gasteiger partial charge in [0.15, 0.2) is 0 Å². The first-order valence-electron chi connectivity index (χ1n) is 3.55. The van der Waals surface area contributed by atoms with E-state index in [0.29, 0.717) is 0 Å². The molecule has 0 bridgehead atoms. The first-order chi connectivity index (χ1) is 5.39. The van der Waals surface area contributed by atoms with E-state index < -0.39 is 0 Å². The Kier molecular flexibility index (Phi) is 3.24. The van der Waals surface area contributed by atoms with Crippen LogP contribution < -0.4 is 0 Å². The molecule has 0 aliphatic carbocycles. The van der Waals surface area contributed by atoms with E-state index in [0.717, 1.165) is 14.5 Å². The van der Waals surface area contributed by atoms with E-state index in [1.165, 1.54) is 0 Å². The van der Waals surface area contributed by atoms with Crippen molar-refractivity contribution in [2.75, 3.05) is 0 Å². The third-order valence-electron chi connectivity index (χ3n) is 1.55. The molecular weight excluding hydrogens is 303 g/mol. The van der Waals surface area contributed by atoms with Crippen molar-refractivity contribution in [2.24, 2.45) is 0 Å². The molecule has 0 saturated carbocycles. The lowest BCUT2D eigenvalue weighted by atomic mass is 10.0. The minimum absolute atomic E-state index is 0.313. The Labute approximate surface area is 94.6 Å². The summed E-state index contributed by atoms with van der Waals surface area (Å²) >= 11 is 13.0. The predicted octanol–water partition coefficient (Wildman–Crippen LogP) is 4.69. The Morgan fingerprint density at radius 1 is 1.08 bits per heavy atom. The molecule has 0 amide bonds. The molecule has 0 nitrogen and oxygen atoms in total. The molecule has 0 radical (unpaired) electrons. The molecule has 0 fully saturated rings. The average molecular weight is 312 g/mol. The van der Waals surface area contributed by atoms with Crippen molar-refractivity contribution in [3.63, 3.8) is 0 Å². The lowest BCUT2D eigenvalue weighted by Gasteiger charge is -2.16. The highest BCUT2D eigenvalue weighted by Crippen LogP contribution is 2.31. The second kappa shape index (κ2) is 3.69. The molecule has 66 valence electrons. The lowest BCUT2D eigenvalue weighted by Crippen LogP contribution is -2.06. The standard InChI is InChI=1S/C9H9Br2Cl/c1-9(2,12)6-3-7(10)5-8(11)4-6/h3-5H,1-2H3. The minimum atomic E-state index is -0.313. The molecule has 1 aromatic rings. The minimum Gasteiger partial charge on any atom is -0.115 e. The van der Waals surface area contributed by atoms with Gasteiger partial charge in [0, 0.05) is 8.95 Å². The van der Waals surface area contributed by atoms with Crippen molar-refractivity contribution >= 4 is 43.5 Å². The zero-order chi connectivity index (χ0) is 9.35. The molecule has 0 aromatic heterocycles. The SMILES string of the molecule is CC(C)(Cl)c1cc(Br)cc(Br)c1. The maximum absolute atomic E-state index is 6.16. The quantitative estimate of drug-likeness (QED) is 0.660. The van der Waals surface area contributed by atoms with E-state index in [9.17, 15) is 0 Å². The number of alkyl halides is 1. The van der Waals surface area contributed by atoms with Crippen molar-refractivity contribution in [3.8, 4) is 0 Å². The Balaban J connectivity index is 3.18. The van der Waals surface area contributed by atoms with Gasteiger partial charge in [-0.1, -0.05) is 31.9 Å². The van der Waals surface area contributed by atoms with Gasteiger partial charge < -0.3 is 0 Å². The van der Waals surface area contributed by atoms with Gasteiger partial charge in [-0.2, -0.15) is 0 Å². The molecule has 1 aromatic carbocycles. The van der Waals surface area contributed by atoms with E-state index in [2.05, 4.69) is 31.9 Å². The predicted molar refractivity (Wildman–Crippen MR) is 60.7 cm³/mol. The number of hydrogen-bond acceptors (Lipinski definition) is 0. The summed E-state index contributed by atoms with van der Waals surface area (Å²) in [6.45, 7) is 3.95. The number of hydrogen-bond donors (Lipinski definition) is 0. The number of halogens is 3. The Morgan fingerprint density at radius 2 is 1.50 bits per heavy atom. The summed E-state index contributed by atoms with van der Waals surface area (Å²) < 4.78 is 2.08. The molecule has 0 aliphatic heterocycles. The van der Waals surface area contributed by atoms with E-state index in [-0.39, 0.29) is 4.87 Å². The van der Waals surface area contributed by atoms with Crippen LogP contribution in [-0.2, 0) is 4.87 Å². The summed E-state index contributed by atoms with van der Waals surface area (Å²) in [4.78, 5) is -0.313. The van der Waals surface area contributed by atoms with E-state index in [1.807, 2.05) is 32.0 Å². The first kappa shape index (κ1) is 10.6. The first-order valence-corrected chi connectivity index (χ1v) is 5.51. The molecular formula is C9H9Br2Cl. The van der Waals surface area contributed by atoms with E-state index in [1.54, 1.807) is 0 Å². The van der Waals surface area contributed by atoms with Crippen molar-refractivity contribution in [3.05, 3.63) is 32.7 Å². The molecule has 0 unspecified atom stereocenters. The molecule has 3 heteroatoms. The highest BCUT2D eigenvalue weighted by Gasteiger charge is 2.16. The van der Waals surface area contributed by atoms with Crippen LogP contribution in [0.5, 0.6) is 0 Å². The zero-order valence-electron chi connectivity index (χ0n) is 6.87. The van der Waals surface area contributed by atoms with Crippen LogP contribution in [0.2, 0.25) is 0 Å². The largest absolute Gasteiger partial charge is 0.115 e.